The predicted octanol–water partition coefficient (Wildman–Crippen LogP) is 0.391. The first kappa shape index (κ1) is 12.2. The average Bonchev–Trinajstić information content (AvgIpc) is 2.75. The van der Waals surface area contributed by atoms with Gasteiger partial charge < -0.3 is 0 Å². The van der Waals surface area contributed by atoms with Crippen LogP contribution in [0.2, 0.25) is 0 Å². The second kappa shape index (κ2) is 5.41. The average molecular weight is 311 g/mol. The fourth-order valence-electron chi connectivity index (χ4n) is 2.22. The molecule has 0 aliphatic carbocycles. The second-order valence-electron chi connectivity index (χ2n) is 4.45. The van der Waals surface area contributed by atoms with E-state index in [1.807, 2.05) is 21.8 Å². The van der Waals surface area contributed by atoms with E-state index < -0.39 is 0 Å². The minimum atomic E-state index is 0.167. The SMILES string of the molecule is O=c1c2ccccc2[se]n1CCN1CCOCC1. The molecule has 96 valence electrons. The van der Waals surface area contributed by atoms with Gasteiger partial charge >= 0.3 is 112 Å². The summed E-state index contributed by atoms with van der Waals surface area (Å²) >= 11 is 0.167. The molecule has 4 nitrogen and oxygen atoms in total. The van der Waals surface area contributed by atoms with Gasteiger partial charge in [-0.05, 0) is 0 Å². The number of ether oxygens (including phenoxy) is 1. The topological polar surface area (TPSA) is 34.5 Å². The Kier molecular flexibility index (Phi) is 3.66. The first-order valence-electron chi connectivity index (χ1n) is 6.23. The number of hydrogen-bond acceptors (Lipinski definition) is 3. The van der Waals surface area contributed by atoms with Gasteiger partial charge in [-0.1, -0.05) is 0 Å². The summed E-state index contributed by atoms with van der Waals surface area (Å²) in [6.45, 7) is 5.42. The van der Waals surface area contributed by atoms with Crippen molar-refractivity contribution in [1.29, 1.82) is 0 Å². The zero-order valence-corrected chi connectivity index (χ0v) is 11.9. The van der Waals surface area contributed by atoms with Crippen LogP contribution in [0.15, 0.2) is 29.1 Å². The van der Waals surface area contributed by atoms with Crippen LogP contribution in [0, 0.1) is 0 Å². The third-order valence-electron chi connectivity index (χ3n) is 3.28. The third kappa shape index (κ3) is 2.45. The summed E-state index contributed by atoms with van der Waals surface area (Å²) in [4.78, 5) is 14.5. The summed E-state index contributed by atoms with van der Waals surface area (Å²) in [5.74, 6) is 0. The summed E-state index contributed by atoms with van der Waals surface area (Å²) in [6.07, 6.45) is 0. The second-order valence-corrected chi connectivity index (χ2v) is 6.68. The number of nitrogens with zero attached hydrogens (tertiary/aromatic N) is 2. The van der Waals surface area contributed by atoms with E-state index in [-0.39, 0.29) is 20.3 Å². The molecule has 0 saturated carbocycles. The number of hydrogen-bond donors (Lipinski definition) is 0. The summed E-state index contributed by atoms with van der Waals surface area (Å²) in [5.41, 5.74) is 0.207. The Morgan fingerprint density at radius 2 is 1.94 bits per heavy atom. The summed E-state index contributed by atoms with van der Waals surface area (Å²) in [6, 6.07) is 7.97. The normalized spacial score (nSPS) is 17.3. The van der Waals surface area contributed by atoms with Crippen LogP contribution in [0.25, 0.3) is 9.65 Å². The summed E-state index contributed by atoms with van der Waals surface area (Å²) in [7, 11) is 0. The van der Waals surface area contributed by atoms with Crippen molar-refractivity contribution in [3.05, 3.63) is 34.6 Å². The van der Waals surface area contributed by atoms with E-state index in [0.29, 0.717) is 0 Å². The van der Waals surface area contributed by atoms with Crippen LogP contribution in [0.1, 0.15) is 0 Å². The Morgan fingerprint density at radius 3 is 2.72 bits per heavy atom. The van der Waals surface area contributed by atoms with E-state index in [4.69, 9.17) is 4.74 Å². The van der Waals surface area contributed by atoms with Gasteiger partial charge in [0, 0.05) is 0 Å². The monoisotopic (exact) mass is 312 g/mol. The van der Waals surface area contributed by atoms with E-state index in [9.17, 15) is 4.79 Å². The molecule has 1 fully saturated rings. The van der Waals surface area contributed by atoms with E-state index in [1.54, 1.807) is 0 Å². The van der Waals surface area contributed by atoms with Crippen molar-refractivity contribution < 1.29 is 4.74 Å². The van der Waals surface area contributed by atoms with Gasteiger partial charge in [0.2, 0.25) is 0 Å². The van der Waals surface area contributed by atoms with Crippen LogP contribution < -0.4 is 5.56 Å². The molecule has 0 bridgehead atoms. The Morgan fingerprint density at radius 1 is 1.17 bits per heavy atom. The number of rotatable bonds is 3. The molecular formula is C13H16N2O2Se. The van der Waals surface area contributed by atoms with E-state index >= 15 is 0 Å². The molecule has 18 heavy (non-hydrogen) atoms. The molecule has 0 N–H and O–H groups in total. The van der Waals surface area contributed by atoms with Crippen LogP contribution in [0.4, 0.5) is 0 Å². The summed E-state index contributed by atoms with van der Waals surface area (Å²) < 4.78 is 8.55. The number of morpholine rings is 1. The quantitative estimate of drug-likeness (QED) is 0.769. The Labute approximate surface area is 112 Å². The first-order valence-corrected chi connectivity index (χ1v) is 7.86. The molecule has 0 unspecified atom stereocenters. The molecule has 1 saturated heterocycles. The maximum absolute atomic E-state index is 12.2. The van der Waals surface area contributed by atoms with Crippen LogP contribution >= 0.6 is 0 Å². The van der Waals surface area contributed by atoms with Crippen molar-refractivity contribution in [3.63, 3.8) is 0 Å². The van der Waals surface area contributed by atoms with Crippen molar-refractivity contribution in [2.24, 2.45) is 0 Å². The molecule has 2 aromatic rings. The summed E-state index contributed by atoms with van der Waals surface area (Å²) in [5, 5.41) is 0.902. The molecule has 1 aliphatic heterocycles. The van der Waals surface area contributed by atoms with E-state index in [1.165, 1.54) is 4.26 Å². The standard InChI is InChI=1S/C13H16N2O2Se/c16-13-11-3-1-2-4-12(11)18-15(13)6-5-14-7-9-17-10-8-14/h1-4H,5-10H2. The molecule has 0 spiro atoms. The van der Waals surface area contributed by atoms with Gasteiger partial charge in [-0.3, -0.25) is 0 Å². The van der Waals surface area contributed by atoms with E-state index in [2.05, 4.69) is 11.0 Å². The van der Waals surface area contributed by atoms with Crippen LogP contribution in [0.3, 0.4) is 0 Å². The fourth-order valence-corrected chi connectivity index (χ4v) is 4.29. The zero-order valence-electron chi connectivity index (χ0n) is 10.2. The molecule has 1 aliphatic rings. The predicted molar refractivity (Wildman–Crippen MR) is 72.4 cm³/mol. The Hall–Kier alpha value is -0.871. The van der Waals surface area contributed by atoms with E-state index in [0.717, 1.165) is 44.8 Å². The third-order valence-corrected chi connectivity index (χ3v) is 5.63. The van der Waals surface area contributed by atoms with Gasteiger partial charge in [0.1, 0.15) is 0 Å². The molecule has 2 heterocycles. The van der Waals surface area contributed by atoms with Gasteiger partial charge in [-0.2, -0.15) is 0 Å². The van der Waals surface area contributed by atoms with Crippen molar-refractivity contribution >= 4 is 24.4 Å². The number of aromatic nitrogens is 1. The van der Waals surface area contributed by atoms with Gasteiger partial charge in [-0.15, -0.1) is 0 Å². The number of benzene rings is 1. The van der Waals surface area contributed by atoms with Gasteiger partial charge in [-0.25, -0.2) is 0 Å². The molecule has 3 rings (SSSR count). The molecule has 0 atom stereocenters. The van der Waals surface area contributed by atoms with Gasteiger partial charge in [0.25, 0.3) is 0 Å². The fraction of sp³-hybridized carbons (Fsp3) is 0.462. The molecule has 0 radical (unpaired) electrons. The molecule has 1 aromatic heterocycles. The van der Waals surface area contributed by atoms with Crippen LogP contribution in [-0.4, -0.2) is 56.0 Å². The van der Waals surface area contributed by atoms with Gasteiger partial charge in [0.05, 0.1) is 0 Å². The van der Waals surface area contributed by atoms with Crippen molar-refractivity contribution in [1.82, 2.24) is 8.46 Å². The van der Waals surface area contributed by atoms with Crippen LogP contribution in [0.5, 0.6) is 0 Å². The first-order chi connectivity index (χ1) is 8.84. The zero-order chi connectivity index (χ0) is 12.4. The molecule has 0 amide bonds. The number of fused-ring (bicyclic) bond motifs is 1. The Bertz CT molecular complexity index is 584. The van der Waals surface area contributed by atoms with Crippen molar-refractivity contribution in [2.45, 2.75) is 6.54 Å². The Balaban J connectivity index is 1.74. The molecule has 1 aromatic carbocycles. The van der Waals surface area contributed by atoms with Crippen molar-refractivity contribution in [2.75, 3.05) is 32.8 Å². The minimum absolute atomic E-state index is 0.167. The molecular weight excluding hydrogens is 295 g/mol. The van der Waals surface area contributed by atoms with Crippen molar-refractivity contribution in [3.8, 4) is 0 Å². The van der Waals surface area contributed by atoms with Gasteiger partial charge in [0.15, 0.2) is 0 Å². The van der Waals surface area contributed by atoms with Crippen LogP contribution in [-0.2, 0) is 11.3 Å². The maximum atomic E-state index is 12.2. The molecule has 5 heteroatoms.